The first-order valence-corrected chi connectivity index (χ1v) is 11.5. The predicted octanol–water partition coefficient (Wildman–Crippen LogP) is 1.80. The summed E-state index contributed by atoms with van der Waals surface area (Å²) < 4.78 is 43.0. The number of morpholine rings is 1. The smallest absolute Gasteiger partial charge is 0.243 e. The molecule has 11 heteroatoms. The fourth-order valence-corrected chi connectivity index (χ4v) is 4.69. The summed E-state index contributed by atoms with van der Waals surface area (Å²) in [5.74, 6) is 1.40. The fraction of sp³-hybridized carbons (Fsp3) is 0.300. The van der Waals surface area contributed by atoms with Crippen molar-refractivity contribution >= 4 is 39.3 Å². The monoisotopic (exact) mass is 462 g/mol. The van der Waals surface area contributed by atoms with E-state index in [1.54, 1.807) is 30.5 Å². The van der Waals surface area contributed by atoms with E-state index in [9.17, 15) is 8.42 Å². The van der Waals surface area contributed by atoms with Gasteiger partial charge in [0.2, 0.25) is 10.0 Å². The molecule has 164 valence electrons. The van der Waals surface area contributed by atoms with Crippen molar-refractivity contribution in [3.05, 3.63) is 48.0 Å². The van der Waals surface area contributed by atoms with Crippen LogP contribution in [0.25, 0.3) is 0 Å². The first-order valence-electron chi connectivity index (χ1n) is 9.70. The topological polar surface area (TPSA) is 101 Å². The van der Waals surface area contributed by atoms with E-state index >= 15 is 0 Å². The molecule has 0 saturated carbocycles. The number of sulfonamides is 1. The van der Waals surface area contributed by atoms with Crippen molar-refractivity contribution < 1.29 is 22.6 Å². The highest BCUT2D eigenvalue weighted by molar-refractivity contribution is 7.89. The summed E-state index contributed by atoms with van der Waals surface area (Å²) in [7, 11) is -3.52. The zero-order valence-corrected chi connectivity index (χ0v) is 18.2. The molecule has 0 unspecified atom stereocenters. The van der Waals surface area contributed by atoms with Crippen molar-refractivity contribution in [1.82, 2.24) is 9.73 Å². The summed E-state index contributed by atoms with van der Waals surface area (Å²) in [6.07, 6.45) is 1.62. The number of nitrogens with zero attached hydrogens (tertiary/aromatic N) is 2. The van der Waals surface area contributed by atoms with E-state index in [0.29, 0.717) is 56.7 Å². The van der Waals surface area contributed by atoms with Gasteiger partial charge in [0.05, 0.1) is 24.3 Å². The SMILES string of the molecule is O=S(=O)(c1ccc(NC(=S)N/N=C\c2ccc3c(c2)OCCO3)cc1)N1CCOCC1. The molecule has 1 saturated heterocycles. The third kappa shape index (κ3) is 5.31. The molecule has 31 heavy (non-hydrogen) atoms. The predicted molar refractivity (Wildman–Crippen MR) is 120 cm³/mol. The fourth-order valence-electron chi connectivity index (χ4n) is 3.11. The number of hydrazone groups is 1. The van der Waals surface area contributed by atoms with Crippen molar-refractivity contribution in [1.29, 1.82) is 0 Å². The van der Waals surface area contributed by atoms with Crippen molar-refractivity contribution in [2.24, 2.45) is 5.10 Å². The van der Waals surface area contributed by atoms with Gasteiger partial charge < -0.3 is 19.5 Å². The minimum Gasteiger partial charge on any atom is -0.486 e. The van der Waals surface area contributed by atoms with Crippen LogP contribution >= 0.6 is 12.2 Å². The Balaban J connectivity index is 1.32. The second-order valence-corrected chi connectivity index (χ2v) is 9.11. The van der Waals surface area contributed by atoms with E-state index in [2.05, 4.69) is 15.8 Å². The van der Waals surface area contributed by atoms with Crippen LogP contribution in [0, 0.1) is 0 Å². The molecule has 4 rings (SSSR count). The number of benzene rings is 2. The molecule has 0 aliphatic carbocycles. The van der Waals surface area contributed by atoms with Crippen LogP contribution in [0.3, 0.4) is 0 Å². The Labute approximate surface area is 186 Å². The van der Waals surface area contributed by atoms with Crippen molar-refractivity contribution in [3.63, 3.8) is 0 Å². The van der Waals surface area contributed by atoms with E-state index in [1.165, 1.54) is 4.31 Å². The van der Waals surface area contributed by atoms with Gasteiger partial charge in [0.15, 0.2) is 16.6 Å². The van der Waals surface area contributed by atoms with E-state index in [0.717, 1.165) is 5.56 Å². The number of ether oxygens (including phenoxy) is 3. The van der Waals surface area contributed by atoms with Gasteiger partial charge in [-0.1, -0.05) is 0 Å². The molecule has 2 N–H and O–H groups in total. The molecule has 1 fully saturated rings. The molecule has 0 bridgehead atoms. The summed E-state index contributed by atoms with van der Waals surface area (Å²) in [5.41, 5.74) is 4.21. The van der Waals surface area contributed by atoms with Crippen molar-refractivity contribution in [3.8, 4) is 11.5 Å². The zero-order valence-electron chi connectivity index (χ0n) is 16.6. The lowest BCUT2D eigenvalue weighted by Crippen LogP contribution is -2.40. The molecule has 0 aromatic heterocycles. The van der Waals surface area contributed by atoms with E-state index in [4.69, 9.17) is 26.4 Å². The van der Waals surface area contributed by atoms with Crippen molar-refractivity contribution in [2.45, 2.75) is 4.90 Å². The molecule has 0 atom stereocenters. The molecular weight excluding hydrogens is 440 g/mol. The summed E-state index contributed by atoms with van der Waals surface area (Å²) in [5, 5.41) is 7.36. The average molecular weight is 463 g/mol. The Kier molecular flexibility index (Phi) is 6.66. The number of nitrogens with one attached hydrogen (secondary N) is 2. The second-order valence-electron chi connectivity index (χ2n) is 6.77. The number of rotatable bonds is 5. The van der Waals surface area contributed by atoms with Gasteiger partial charge in [-0.2, -0.15) is 9.41 Å². The Morgan fingerprint density at radius 3 is 2.45 bits per heavy atom. The van der Waals surface area contributed by atoms with Crippen LogP contribution in [0.4, 0.5) is 5.69 Å². The molecule has 0 spiro atoms. The molecular formula is C20H22N4O5S2. The van der Waals surface area contributed by atoms with E-state index in [1.807, 2.05) is 18.2 Å². The van der Waals surface area contributed by atoms with Crippen LogP contribution in [-0.2, 0) is 14.8 Å². The standard InChI is InChI=1S/C20H22N4O5S2/c25-31(26,24-7-9-27-10-8-24)17-4-2-16(3-5-17)22-20(30)23-21-14-15-1-6-18-19(13-15)29-12-11-28-18/h1-6,13-14H,7-12H2,(H2,22,23,30)/b21-14-. The first kappa shape index (κ1) is 21.5. The maximum atomic E-state index is 12.7. The molecule has 2 aromatic carbocycles. The Hall–Kier alpha value is -2.73. The van der Waals surface area contributed by atoms with Gasteiger partial charge in [0.25, 0.3) is 0 Å². The van der Waals surface area contributed by atoms with Gasteiger partial charge in [-0.3, -0.25) is 5.43 Å². The maximum Gasteiger partial charge on any atom is 0.243 e. The zero-order chi connectivity index (χ0) is 21.7. The summed E-state index contributed by atoms with van der Waals surface area (Å²) in [6.45, 7) is 2.60. The molecule has 2 heterocycles. The number of hydrogen-bond donors (Lipinski definition) is 2. The van der Waals surface area contributed by atoms with Gasteiger partial charge in [-0.05, 0) is 60.2 Å². The largest absolute Gasteiger partial charge is 0.486 e. The highest BCUT2D eigenvalue weighted by Gasteiger charge is 2.26. The molecule has 0 radical (unpaired) electrons. The number of thiocarbonyl (C=S) groups is 1. The molecule has 2 aliphatic heterocycles. The van der Waals surface area contributed by atoms with Crippen LogP contribution in [0.1, 0.15) is 5.56 Å². The van der Waals surface area contributed by atoms with Crippen LogP contribution in [0.15, 0.2) is 52.5 Å². The highest BCUT2D eigenvalue weighted by atomic mass is 32.2. The Bertz CT molecular complexity index is 1070. The van der Waals surface area contributed by atoms with Crippen LogP contribution in [0.5, 0.6) is 11.5 Å². The van der Waals surface area contributed by atoms with Gasteiger partial charge in [-0.15, -0.1) is 0 Å². The first-order chi connectivity index (χ1) is 15.0. The van der Waals surface area contributed by atoms with Gasteiger partial charge >= 0.3 is 0 Å². The minimum atomic E-state index is -3.52. The summed E-state index contributed by atoms with van der Waals surface area (Å²) in [6, 6.07) is 11.9. The number of anilines is 1. The average Bonchev–Trinajstić information content (AvgIpc) is 2.80. The van der Waals surface area contributed by atoms with E-state index < -0.39 is 10.0 Å². The second kappa shape index (κ2) is 9.60. The molecule has 0 amide bonds. The highest BCUT2D eigenvalue weighted by Crippen LogP contribution is 2.30. The van der Waals surface area contributed by atoms with Crippen LogP contribution < -0.4 is 20.2 Å². The Morgan fingerprint density at radius 1 is 1.00 bits per heavy atom. The van der Waals surface area contributed by atoms with Crippen molar-refractivity contribution in [2.75, 3.05) is 44.8 Å². The van der Waals surface area contributed by atoms with E-state index in [-0.39, 0.29) is 10.0 Å². The van der Waals surface area contributed by atoms with Gasteiger partial charge in [0, 0.05) is 18.8 Å². The summed E-state index contributed by atoms with van der Waals surface area (Å²) in [4.78, 5) is 0.232. The lowest BCUT2D eigenvalue weighted by Gasteiger charge is -2.26. The summed E-state index contributed by atoms with van der Waals surface area (Å²) >= 11 is 5.24. The Morgan fingerprint density at radius 2 is 1.71 bits per heavy atom. The number of fused-ring (bicyclic) bond motifs is 1. The molecule has 9 nitrogen and oxygen atoms in total. The lowest BCUT2D eigenvalue weighted by atomic mass is 10.2. The van der Waals surface area contributed by atoms with Crippen LogP contribution in [0.2, 0.25) is 0 Å². The number of hydrogen-bond acceptors (Lipinski definition) is 7. The normalized spacial score (nSPS) is 16.8. The van der Waals surface area contributed by atoms with Gasteiger partial charge in [-0.25, -0.2) is 8.42 Å². The third-order valence-electron chi connectivity index (χ3n) is 4.67. The third-order valence-corrected chi connectivity index (χ3v) is 6.77. The maximum absolute atomic E-state index is 12.7. The van der Waals surface area contributed by atoms with Gasteiger partial charge in [0.1, 0.15) is 13.2 Å². The molecule has 2 aliphatic rings. The lowest BCUT2D eigenvalue weighted by molar-refractivity contribution is 0.0730. The molecule has 2 aromatic rings. The quantitative estimate of drug-likeness (QED) is 0.394. The van der Waals surface area contributed by atoms with Crippen LogP contribution in [-0.4, -0.2) is 63.6 Å². The minimum absolute atomic E-state index is 0.232.